The number of carbonyl (C=O) groups is 2. The van der Waals surface area contributed by atoms with Gasteiger partial charge in [-0.3, -0.25) is 19.6 Å². The lowest BCUT2D eigenvalue weighted by molar-refractivity contribution is -0.141. The maximum Gasteiger partial charge on any atom is 0.305 e. The molecular weight excluding hydrogens is 769 g/mol. The molecule has 2 aromatic heterocycles. The summed E-state index contributed by atoms with van der Waals surface area (Å²) in [6, 6.07) is 62.4. The summed E-state index contributed by atoms with van der Waals surface area (Å²) < 4.78 is 9.62. The first-order valence-corrected chi connectivity index (χ1v) is 20.6. The van der Waals surface area contributed by atoms with Crippen LogP contribution in [0.15, 0.2) is 194 Å². The van der Waals surface area contributed by atoms with Crippen molar-refractivity contribution in [1.82, 2.24) is 9.97 Å². The minimum absolute atomic E-state index is 0.210. The molecule has 0 radical (unpaired) electrons. The molecule has 0 unspecified atom stereocenters. The van der Waals surface area contributed by atoms with Crippen molar-refractivity contribution >= 4 is 46.1 Å². The quantitative estimate of drug-likeness (QED) is 0.0946. The van der Waals surface area contributed by atoms with Gasteiger partial charge in [0.05, 0.1) is 25.6 Å². The molecule has 62 heavy (non-hydrogen) atoms. The number of nitrogens with zero attached hydrogens (tertiary/aromatic N) is 4. The smallest absolute Gasteiger partial charge is 0.305 e. The zero-order chi connectivity index (χ0) is 42.7. The van der Waals surface area contributed by atoms with Crippen LogP contribution in [0.3, 0.4) is 0 Å². The van der Waals surface area contributed by atoms with Crippen LogP contribution in [0.1, 0.15) is 24.0 Å². The Kier molecular flexibility index (Phi) is 12.9. The fourth-order valence-electron chi connectivity index (χ4n) is 7.41. The average Bonchev–Trinajstić information content (AvgIpc) is 3.34. The number of carbonyl (C=O) groups excluding carboxylic acids is 2. The van der Waals surface area contributed by atoms with Gasteiger partial charge in [0.1, 0.15) is 0 Å². The molecule has 0 fully saturated rings. The molecule has 0 bridgehead atoms. The van der Waals surface area contributed by atoms with E-state index in [-0.39, 0.29) is 11.9 Å². The molecule has 8 nitrogen and oxygen atoms in total. The van der Waals surface area contributed by atoms with Gasteiger partial charge >= 0.3 is 11.9 Å². The monoisotopic (exact) mass is 814 g/mol. The second-order valence-electron chi connectivity index (χ2n) is 14.8. The van der Waals surface area contributed by atoms with E-state index in [0.29, 0.717) is 25.7 Å². The molecule has 0 saturated heterocycles. The van der Waals surface area contributed by atoms with Crippen molar-refractivity contribution in [3.05, 3.63) is 206 Å². The highest BCUT2D eigenvalue weighted by atomic mass is 16.5. The number of benzene rings is 6. The van der Waals surface area contributed by atoms with Crippen molar-refractivity contribution in [1.29, 1.82) is 0 Å². The van der Waals surface area contributed by atoms with Gasteiger partial charge in [0.15, 0.2) is 0 Å². The molecule has 6 aromatic carbocycles. The Morgan fingerprint density at radius 3 is 1.00 bits per heavy atom. The molecule has 0 spiro atoms. The lowest BCUT2D eigenvalue weighted by atomic mass is 10.0. The molecule has 0 aliphatic carbocycles. The summed E-state index contributed by atoms with van der Waals surface area (Å²) in [5.41, 5.74) is 14.1. The van der Waals surface area contributed by atoms with Gasteiger partial charge in [-0.2, -0.15) is 0 Å². The number of hydrogen-bond acceptors (Lipinski definition) is 8. The Morgan fingerprint density at radius 2 is 0.694 bits per heavy atom. The fraction of sp³-hybridized carbons (Fsp3) is 0.111. The van der Waals surface area contributed by atoms with Crippen molar-refractivity contribution in [3.63, 3.8) is 0 Å². The number of aromatic nitrogens is 2. The maximum atomic E-state index is 11.7. The summed E-state index contributed by atoms with van der Waals surface area (Å²) in [7, 11) is 2.84. The highest BCUT2D eigenvalue weighted by Crippen LogP contribution is 2.37. The molecule has 0 N–H and O–H groups in total. The molecule has 0 atom stereocenters. The van der Waals surface area contributed by atoms with Gasteiger partial charge in [-0.1, -0.05) is 97.1 Å². The van der Waals surface area contributed by atoms with Gasteiger partial charge in [-0.25, -0.2) is 0 Å². The van der Waals surface area contributed by atoms with Crippen LogP contribution in [0.25, 0.3) is 33.6 Å². The van der Waals surface area contributed by atoms with Gasteiger partial charge in [-0.15, -0.1) is 0 Å². The van der Waals surface area contributed by atoms with Crippen molar-refractivity contribution in [3.8, 4) is 33.6 Å². The van der Waals surface area contributed by atoms with Crippen molar-refractivity contribution in [2.45, 2.75) is 25.7 Å². The van der Waals surface area contributed by atoms with Crippen LogP contribution in [-0.2, 0) is 31.9 Å². The summed E-state index contributed by atoms with van der Waals surface area (Å²) in [5, 5.41) is 0. The third-order valence-electron chi connectivity index (χ3n) is 10.8. The third-order valence-corrected chi connectivity index (χ3v) is 10.8. The molecule has 0 amide bonds. The van der Waals surface area contributed by atoms with E-state index in [4.69, 9.17) is 19.4 Å². The lowest BCUT2D eigenvalue weighted by Crippen LogP contribution is -2.10. The summed E-state index contributed by atoms with van der Waals surface area (Å²) in [6.07, 6.45) is 5.76. The number of ether oxygens (including phenoxy) is 2. The fourth-order valence-corrected chi connectivity index (χ4v) is 7.41. The van der Waals surface area contributed by atoms with E-state index in [0.717, 1.165) is 78.9 Å². The number of rotatable bonds is 15. The molecule has 306 valence electrons. The number of pyridine rings is 2. The SMILES string of the molecule is COC(=O)CCc1ccc(N(c2ccccc2)c2ccc(-c3ccc(-c4ccc(-c5ccc(N(c6ccccc6)c6ccc(CCC(=O)OC)cc6)cc5)cn4)nc3)cc2)cc1. The Bertz CT molecular complexity index is 2500. The molecular formula is C54H46N4O4. The van der Waals surface area contributed by atoms with Crippen LogP contribution in [0.4, 0.5) is 34.1 Å². The molecule has 2 heterocycles. The summed E-state index contributed by atoms with van der Waals surface area (Å²) >= 11 is 0. The summed E-state index contributed by atoms with van der Waals surface area (Å²) in [4.78, 5) is 37.4. The Hall–Kier alpha value is -7.84. The van der Waals surface area contributed by atoms with Crippen molar-refractivity contribution in [2.75, 3.05) is 24.0 Å². The molecule has 8 heteroatoms. The van der Waals surface area contributed by atoms with Crippen molar-refractivity contribution in [2.24, 2.45) is 0 Å². The molecule has 0 aliphatic rings. The standard InChI is InChI=1S/C54H46N4O4/c1-61-53(59)35-17-39-13-25-47(26-14-39)57(45-9-5-3-6-10-45)49-29-19-41(20-30-49)43-23-33-51(55-37-43)52-34-24-44(38-56-52)42-21-31-50(32-22-42)58(46-11-7-4-8-12-46)48-27-15-40(16-28-48)18-36-54(60)62-2/h3-16,19-34,37-38H,17-18,35-36H2,1-2H3. The first-order chi connectivity index (χ1) is 30.4. The van der Waals surface area contributed by atoms with Crippen LogP contribution in [0, 0.1) is 0 Å². The summed E-state index contributed by atoms with van der Waals surface area (Å²) in [5.74, 6) is -0.421. The van der Waals surface area contributed by atoms with Crippen LogP contribution >= 0.6 is 0 Å². The zero-order valence-electron chi connectivity index (χ0n) is 34.7. The normalized spacial score (nSPS) is 10.8. The average molecular weight is 815 g/mol. The van der Waals surface area contributed by atoms with E-state index in [2.05, 4.69) is 143 Å². The first kappa shape index (κ1) is 40.9. The number of methoxy groups -OCH3 is 2. The van der Waals surface area contributed by atoms with Gasteiger partial charge in [0.25, 0.3) is 0 Å². The molecule has 0 aliphatic heterocycles. The van der Waals surface area contributed by atoms with Crippen molar-refractivity contribution < 1.29 is 19.1 Å². The highest BCUT2D eigenvalue weighted by Gasteiger charge is 2.15. The van der Waals surface area contributed by atoms with Crippen LogP contribution < -0.4 is 9.80 Å². The first-order valence-electron chi connectivity index (χ1n) is 20.6. The van der Waals surface area contributed by atoms with E-state index in [9.17, 15) is 9.59 Å². The predicted molar refractivity (Wildman–Crippen MR) is 248 cm³/mol. The number of anilines is 6. The van der Waals surface area contributed by atoms with Crippen LogP contribution in [0.5, 0.6) is 0 Å². The van der Waals surface area contributed by atoms with Gasteiger partial charge in [0.2, 0.25) is 0 Å². The number of esters is 2. The second kappa shape index (κ2) is 19.5. The predicted octanol–water partition coefficient (Wildman–Crippen LogP) is 12.6. The van der Waals surface area contributed by atoms with Gasteiger partial charge < -0.3 is 19.3 Å². The Balaban J connectivity index is 0.951. The largest absolute Gasteiger partial charge is 0.469 e. The second-order valence-corrected chi connectivity index (χ2v) is 14.8. The zero-order valence-corrected chi connectivity index (χ0v) is 34.7. The van der Waals surface area contributed by atoms with E-state index in [1.54, 1.807) is 0 Å². The minimum Gasteiger partial charge on any atom is -0.469 e. The van der Waals surface area contributed by atoms with E-state index in [1.807, 2.05) is 60.9 Å². The van der Waals surface area contributed by atoms with Gasteiger partial charge in [0, 0.05) is 70.5 Å². The third kappa shape index (κ3) is 9.78. The summed E-state index contributed by atoms with van der Waals surface area (Å²) in [6.45, 7) is 0. The van der Waals surface area contributed by atoms with Crippen LogP contribution in [0.2, 0.25) is 0 Å². The van der Waals surface area contributed by atoms with Gasteiger partial charge in [-0.05, 0) is 120 Å². The van der Waals surface area contributed by atoms with E-state index < -0.39 is 0 Å². The maximum absolute atomic E-state index is 11.7. The highest BCUT2D eigenvalue weighted by molar-refractivity contribution is 5.80. The number of para-hydroxylation sites is 2. The van der Waals surface area contributed by atoms with E-state index in [1.165, 1.54) is 14.2 Å². The lowest BCUT2D eigenvalue weighted by Gasteiger charge is -2.26. The Labute approximate surface area is 362 Å². The number of hydrogen-bond donors (Lipinski definition) is 0. The molecule has 0 saturated carbocycles. The topological polar surface area (TPSA) is 84.9 Å². The Morgan fingerprint density at radius 1 is 0.387 bits per heavy atom. The molecule has 8 aromatic rings. The minimum atomic E-state index is -0.210. The molecule has 8 rings (SSSR count). The van der Waals surface area contributed by atoms with E-state index >= 15 is 0 Å². The number of aryl methyl sites for hydroxylation is 2. The van der Waals surface area contributed by atoms with Crippen LogP contribution in [-0.4, -0.2) is 36.1 Å².